The Bertz CT molecular complexity index is 344. The molecule has 1 rings (SSSR count). The van der Waals surface area contributed by atoms with E-state index in [2.05, 4.69) is 4.98 Å². The minimum Gasteiger partial charge on any atom is -0.480 e. The van der Waals surface area contributed by atoms with E-state index in [0.29, 0.717) is 22.2 Å². The Balaban J connectivity index is 3.31. The highest BCUT2D eigenvalue weighted by atomic mass is 35.5. The molecule has 4 heteroatoms. The Morgan fingerprint density at radius 3 is 2.83 bits per heavy atom. The number of aromatic nitrogens is 1. The molecule has 1 heterocycles. The maximum Gasteiger partial charge on any atom is 0.231 e. The smallest absolute Gasteiger partial charge is 0.231 e. The van der Waals surface area contributed by atoms with Crippen LogP contribution in [0, 0.1) is 18.3 Å². The second kappa shape index (κ2) is 3.42. The molecule has 12 heavy (non-hydrogen) atoms. The standard InChI is InChI=1S/C8H7ClN2O/c1-5-7(9)3-6(4-10)8(11-5)12-2/h3H,1-2H3. The molecular weight excluding hydrogens is 176 g/mol. The average molecular weight is 183 g/mol. The van der Waals surface area contributed by atoms with E-state index in [1.165, 1.54) is 7.11 Å². The van der Waals surface area contributed by atoms with E-state index in [1.807, 2.05) is 6.07 Å². The van der Waals surface area contributed by atoms with Crippen LogP contribution in [0.2, 0.25) is 5.02 Å². The van der Waals surface area contributed by atoms with Gasteiger partial charge < -0.3 is 4.74 Å². The quantitative estimate of drug-likeness (QED) is 0.667. The van der Waals surface area contributed by atoms with Crippen molar-refractivity contribution in [1.82, 2.24) is 4.98 Å². The van der Waals surface area contributed by atoms with Gasteiger partial charge in [0.2, 0.25) is 5.88 Å². The van der Waals surface area contributed by atoms with E-state index in [1.54, 1.807) is 13.0 Å². The van der Waals surface area contributed by atoms with E-state index >= 15 is 0 Å². The van der Waals surface area contributed by atoms with Crippen LogP contribution < -0.4 is 4.74 Å². The van der Waals surface area contributed by atoms with Crippen LogP contribution in [0.1, 0.15) is 11.3 Å². The zero-order valence-corrected chi connectivity index (χ0v) is 7.51. The molecule has 0 radical (unpaired) electrons. The summed E-state index contributed by atoms with van der Waals surface area (Å²) in [5.41, 5.74) is 1.01. The van der Waals surface area contributed by atoms with Gasteiger partial charge in [-0.1, -0.05) is 11.6 Å². The van der Waals surface area contributed by atoms with Crippen molar-refractivity contribution in [2.75, 3.05) is 7.11 Å². The van der Waals surface area contributed by atoms with Crippen LogP contribution >= 0.6 is 11.6 Å². The van der Waals surface area contributed by atoms with Crippen LogP contribution in [0.5, 0.6) is 5.88 Å². The maximum atomic E-state index is 8.64. The molecular formula is C8H7ClN2O. The summed E-state index contributed by atoms with van der Waals surface area (Å²) in [4.78, 5) is 3.99. The van der Waals surface area contributed by atoms with Crippen molar-refractivity contribution in [3.63, 3.8) is 0 Å². The van der Waals surface area contributed by atoms with Gasteiger partial charge in [0.05, 0.1) is 17.8 Å². The highest BCUT2D eigenvalue weighted by molar-refractivity contribution is 6.31. The van der Waals surface area contributed by atoms with E-state index in [9.17, 15) is 0 Å². The fourth-order valence-corrected chi connectivity index (χ4v) is 0.946. The Kier molecular flexibility index (Phi) is 2.51. The van der Waals surface area contributed by atoms with Crippen molar-refractivity contribution in [2.24, 2.45) is 0 Å². The van der Waals surface area contributed by atoms with Gasteiger partial charge >= 0.3 is 0 Å². The molecule has 0 aliphatic heterocycles. The molecule has 0 amide bonds. The summed E-state index contributed by atoms with van der Waals surface area (Å²) in [5.74, 6) is 0.319. The largest absolute Gasteiger partial charge is 0.480 e. The van der Waals surface area contributed by atoms with Gasteiger partial charge in [0, 0.05) is 0 Å². The summed E-state index contributed by atoms with van der Waals surface area (Å²) >= 11 is 5.75. The van der Waals surface area contributed by atoms with Crippen molar-refractivity contribution in [1.29, 1.82) is 5.26 Å². The summed E-state index contributed by atoms with van der Waals surface area (Å²) < 4.78 is 4.88. The minimum atomic E-state index is 0.319. The first kappa shape index (κ1) is 8.82. The normalized spacial score (nSPS) is 9.17. The molecule has 0 bridgehead atoms. The molecule has 1 aromatic heterocycles. The van der Waals surface area contributed by atoms with Gasteiger partial charge in [-0.2, -0.15) is 5.26 Å². The molecule has 0 unspecified atom stereocenters. The second-order valence-corrected chi connectivity index (χ2v) is 2.63. The lowest BCUT2D eigenvalue weighted by Crippen LogP contribution is -1.94. The van der Waals surface area contributed by atoms with Crippen LogP contribution in [0.3, 0.4) is 0 Å². The molecule has 0 spiro atoms. The fraction of sp³-hybridized carbons (Fsp3) is 0.250. The van der Waals surface area contributed by atoms with Crippen LogP contribution in [-0.4, -0.2) is 12.1 Å². The highest BCUT2D eigenvalue weighted by Crippen LogP contribution is 2.21. The van der Waals surface area contributed by atoms with Crippen LogP contribution in [0.4, 0.5) is 0 Å². The van der Waals surface area contributed by atoms with Crippen LogP contribution in [0.25, 0.3) is 0 Å². The van der Waals surface area contributed by atoms with Gasteiger partial charge in [-0.3, -0.25) is 0 Å². The van der Waals surface area contributed by atoms with Crippen molar-refractivity contribution in [3.8, 4) is 11.9 Å². The minimum absolute atomic E-state index is 0.319. The van der Waals surface area contributed by atoms with Crippen LogP contribution in [0.15, 0.2) is 6.07 Å². The SMILES string of the molecule is COc1nc(C)c(Cl)cc1C#N. The highest BCUT2D eigenvalue weighted by Gasteiger charge is 2.06. The predicted octanol–water partition coefficient (Wildman–Crippen LogP) is 1.92. The number of nitriles is 1. The second-order valence-electron chi connectivity index (χ2n) is 2.22. The number of aryl methyl sites for hydroxylation is 1. The molecule has 0 saturated heterocycles. The van der Waals surface area contributed by atoms with Gasteiger partial charge in [0.1, 0.15) is 11.6 Å². The topological polar surface area (TPSA) is 45.9 Å². The number of pyridine rings is 1. The molecule has 0 N–H and O–H groups in total. The van der Waals surface area contributed by atoms with Crippen molar-refractivity contribution in [2.45, 2.75) is 6.92 Å². The number of methoxy groups -OCH3 is 1. The van der Waals surface area contributed by atoms with Crippen LogP contribution in [-0.2, 0) is 0 Å². The average Bonchev–Trinajstić information content (AvgIpc) is 2.09. The summed E-state index contributed by atoms with van der Waals surface area (Å²) in [6.07, 6.45) is 0. The number of halogens is 1. The van der Waals surface area contributed by atoms with Gasteiger partial charge in [-0.25, -0.2) is 4.98 Å². The van der Waals surface area contributed by atoms with E-state index in [4.69, 9.17) is 21.6 Å². The van der Waals surface area contributed by atoms with Crippen molar-refractivity contribution < 1.29 is 4.74 Å². The third kappa shape index (κ3) is 1.49. The Labute approximate surface area is 75.6 Å². The lowest BCUT2D eigenvalue weighted by molar-refractivity contribution is 0.395. The number of hydrogen-bond acceptors (Lipinski definition) is 3. The number of hydrogen-bond donors (Lipinski definition) is 0. The van der Waals surface area contributed by atoms with Gasteiger partial charge in [0.15, 0.2) is 0 Å². The lowest BCUT2D eigenvalue weighted by atomic mass is 10.2. The summed E-state index contributed by atoms with van der Waals surface area (Å²) in [6.45, 7) is 1.76. The summed E-state index contributed by atoms with van der Waals surface area (Å²) in [5, 5.41) is 9.12. The molecule has 0 atom stereocenters. The van der Waals surface area contributed by atoms with Crippen molar-refractivity contribution >= 4 is 11.6 Å². The molecule has 0 aliphatic rings. The number of rotatable bonds is 1. The van der Waals surface area contributed by atoms with Gasteiger partial charge in [-0.05, 0) is 13.0 Å². The van der Waals surface area contributed by atoms with E-state index in [0.717, 1.165) is 0 Å². The first-order chi connectivity index (χ1) is 5.69. The molecule has 3 nitrogen and oxygen atoms in total. The van der Waals surface area contributed by atoms with Gasteiger partial charge in [0.25, 0.3) is 0 Å². The first-order valence-electron chi connectivity index (χ1n) is 3.30. The van der Waals surface area contributed by atoms with Gasteiger partial charge in [-0.15, -0.1) is 0 Å². The molecule has 0 fully saturated rings. The Hall–Kier alpha value is -1.27. The van der Waals surface area contributed by atoms with Crippen molar-refractivity contribution in [3.05, 3.63) is 22.3 Å². The number of nitrogens with zero attached hydrogens (tertiary/aromatic N) is 2. The molecule has 62 valence electrons. The maximum absolute atomic E-state index is 8.64. The Morgan fingerprint density at radius 2 is 2.33 bits per heavy atom. The van der Waals surface area contributed by atoms with E-state index in [-0.39, 0.29) is 0 Å². The third-order valence-corrected chi connectivity index (χ3v) is 1.81. The lowest BCUT2D eigenvalue weighted by Gasteiger charge is -2.03. The zero-order valence-electron chi connectivity index (χ0n) is 6.76. The molecule has 0 aliphatic carbocycles. The molecule has 1 aromatic rings. The molecule has 0 saturated carbocycles. The summed E-state index contributed by atoms with van der Waals surface area (Å²) in [6, 6.07) is 3.49. The first-order valence-corrected chi connectivity index (χ1v) is 3.68. The fourth-order valence-electron chi connectivity index (χ4n) is 0.795. The monoisotopic (exact) mass is 182 g/mol. The predicted molar refractivity (Wildman–Crippen MR) is 45.3 cm³/mol. The molecule has 0 aromatic carbocycles. The zero-order chi connectivity index (χ0) is 9.14. The Morgan fingerprint density at radius 1 is 1.67 bits per heavy atom. The third-order valence-electron chi connectivity index (χ3n) is 1.43. The van der Waals surface area contributed by atoms with E-state index < -0.39 is 0 Å². The number of ether oxygens (including phenoxy) is 1. The summed E-state index contributed by atoms with van der Waals surface area (Å²) in [7, 11) is 1.47.